The number of methoxy groups -OCH3 is 1. The zero-order valence-corrected chi connectivity index (χ0v) is 11.7. The molecule has 0 spiro atoms. The molecule has 0 aliphatic carbocycles. The fourth-order valence-electron chi connectivity index (χ4n) is 1.82. The number of aryl methyl sites for hydroxylation is 1. The van der Waals surface area contributed by atoms with Crippen molar-refractivity contribution in [2.75, 3.05) is 7.11 Å². The van der Waals surface area contributed by atoms with Crippen LogP contribution in [0, 0.1) is 6.92 Å². The van der Waals surface area contributed by atoms with E-state index in [2.05, 4.69) is 4.98 Å². The molecule has 1 N–H and O–H groups in total. The number of nitrogens with zero attached hydrogens (tertiary/aromatic N) is 1. The Hall–Kier alpha value is -1.88. The van der Waals surface area contributed by atoms with Crippen LogP contribution in [0.5, 0.6) is 5.75 Å². The summed E-state index contributed by atoms with van der Waals surface area (Å²) in [4.78, 5) is 14.9. The second-order valence-electron chi connectivity index (χ2n) is 4.27. The number of benzene rings is 1. The minimum atomic E-state index is -0.850. The summed E-state index contributed by atoms with van der Waals surface area (Å²) in [6.45, 7) is 2.03. The third-order valence-electron chi connectivity index (χ3n) is 2.82. The number of carbonyl (C=O) groups is 1. The Morgan fingerprint density at radius 1 is 1.47 bits per heavy atom. The van der Waals surface area contributed by atoms with E-state index in [9.17, 15) is 4.79 Å². The highest BCUT2D eigenvalue weighted by molar-refractivity contribution is 7.09. The zero-order chi connectivity index (χ0) is 13.8. The first-order valence-corrected chi connectivity index (χ1v) is 6.75. The highest BCUT2D eigenvalue weighted by Crippen LogP contribution is 2.21. The summed E-state index contributed by atoms with van der Waals surface area (Å²) in [7, 11) is 1.65. The summed E-state index contributed by atoms with van der Waals surface area (Å²) in [5.41, 5.74) is 2.95. The monoisotopic (exact) mass is 277 g/mol. The summed E-state index contributed by atoms with van der Waals surface area (Å²) >= 11 is 1.50. The summed E-state index contributed by atoms with van der Waals surface area (Å²) in [6, 6.07) is 5.93. The molecule has 0 atom stereocenters. The van der Waals surface area contributed by atoms with Gasteiger partial charge in [0, 0.05) is 11.8 Å². The molecule has 19 heavy (non-hydrogen) atoms. The van der Waals surface area contributed by atoms with Gasteiger partial charge in [0.1, 0.15) is 5.75 Å². The van der Waals surface area contributed by atoms with Gasteiger partial charge in [-0.15, -0.1) is 11.3 Å². The summed E-state index contributed by atoms with van der Waals surface area (Å²) in [5.74, 6) is -0.00978. The molecule has 4 nitrogen and oxygen atoms in total. The number of aromatic nitrogens is 1. The van der Waals surface area contributed by atoms with Gasteiger partial charge in [0.05, 0.1) is 24.2 Å². The van der Waals surface area contributed by atoms with Crippen molar-refractivity contribution in [1.82, 2.24) is 4.98 Å². The van der Waals surface area contributed by atoms with Crippen molar-refractivity contribution in [1.29, 1.82) is 0 Å². The first-order valence-electron chi connectivity index (χ1n) is 5.87. The maximum absolute atomic E-state index is 10.6. The van der Waals surface area contributed by atoms with Gasteiger partial charge in [-0.3, -0.25) is 4.79 Å². The smallest absolute Gasteiger partial charge is 0.309 e. The van der Waals surface area contributed by atoms with E-state index >= 15 is 0 Å². The fraction of sp³-hybridized carbons (Fsp3) is 0.286. The van der Waals surface area contributed by atoms with E-state index in [4.69, 9.17) is 9.84 Å². The lowest BCUT2D eigenvalue weighted by atomic mass is 10.1. The lowest BCUT2D eigenvalue weighted by Gasteiger charge is -2.06. The number of carboxylic acids is 1. The van der Waals surface area contributed by atoms with Gasteiger partial charge in [0.15, 0.2) is 0 Å². The van der Waals surface area contributed by atoms with Gasteiger partial charge in [-0.1, -0.05) is 6.07 Å². The van der Waals surface area contributed by atoms with Crippen LogP contribution < -0.4 is 4.74 Å². The van der Waals surface area contributed by atoms with Gasteiger partial charge < -0.3 is 9.84 Å². The molecule has 1 aromatic heterocycles. The molecular formula is C14H15NO3S. The highest BCUT2D eigenvalue weighted by atomic mass is 32.1. The maximum Gasteiger partial charge on any atom is 0.309 e. The fourth-order valence-corrected chi connectivity index (χ4v) is 2.64. The first kappa shape index (κ1) is 13.5. The summed E-state index contributed by atoms with van der Waals surface area (Å²) in [5, 5.41) is 11.5. The standard InChI is InChI=1S/C14H15NO3S/c1-9-5-12(18-2)4-3-10(9)6-13-15-11(8-19-13)7-14(16)17/h3-5,8H,6-7H2,1-2H3,(H,16,17). The number of carboxylic acid groups (broad SMARTS) is 1. The van der Waals surface area contributed by atoms with E-state index in [-0.39, 0.29) is 6.42 Å². The Labute approximate surface area is 115 Å². The molecule has 1 aromatic carbocycles. The topological polar surface area (TPSA) is 59.4 Å². The molecule has 2 aromatic rings. The maximum atomic E-state index is 10.6. The molecule has 0 bridgehead atoms. The highest BCUT2D eigenvalue weighted by Gasteiger charge is 2.08. The molecule has 1 heterocycles. The normalized spacial score (nSPS) is 10.4. The lowest BCUT2D eigenvalue weighted by Crippen LogP contribution is -2.00. The van der Waals surface area contributed by atoms with E-state index in [0.29, 0.717) is 5.69 Å². The van der Waals surface area contributed by atoms with Crippen LogP contribution in [0.1, 0.15) is 21.8 Å². The van der Waals surface area contributed by atoms with Crippen molar-refractivity contribution < 1.29 is 14.6 Å². The lowest BCUT2D eigenvalue weighted by molar-refractivity contribution is -0.136. The van der Waals surface area contributed by atoms with Gasteiger partial charge >= 0.3 is 5.97 Å². The van der Waals surface area contributed by atoms with Crippen LogP contribution in [0.3, 0.4) is 0 Å². The first-order chi connectivity index (χ1) is 9.08. The van der Waals surface area contributed by atoms with Gasteiger partial charge in [-0.2, -0.15) is 0 Å². The number of aliphatic carboxylic acids is 1. The molecule has 0 radical (unpaired) electrons. The second-order valence-corrected chi connectivity index (χ2v) is 5.21. The molecular weight excluding hydrogens is 262 g/mol. The number of hydrogen-bond acceptors (Lipinski definition) is 4. The van der Waals surface area contributed by atoms with E-state index < -0.39 is 5.97 Å². The third-order valence-corrected chi connectivity index (χ3v) is 3.72. The Morgan fingerprint density at radius 3 is 2.89 bits per heavy atom. The molecule has 0 unspecified atom stereocenters. The van der Waals surface area contributed by atoms with E-state index in [1.807, 2.05) is 30.5 Å². The van der Waals surface area contributed by atoms with Crippen LogP contribution in [-0.2, 0) is 17.6 Å². The minimum Gasteiger partial charge on any atom is -0.497 e. The largest absolute Gasteiger partial charge is 0.497 e. The Balaban J connectivity index is 2.12. The van der Waals surface area contributed by atoms with Gasteiger partial charge in [0.25, 0.3) is 0 Å². The van der Waals surface area contributed by atoms with Crippen LogP contribution >= 0.6 is 11.3 Å². The van der Waals surface area contributed by atoms with Crippen LogP contribution in [-0.4, -0.2) is 23.2 Å². The SMILES string of the molecule is COc1ccc(Cc2nc(CC(=O)O)cs2)c(C)c1. The molecule has 0 fully saturated rings. The summed E-state index contributed by atoms with van der Waals surface area (Å²) in [6.07, 6.45) is 0.707. The molecule has 0 aliphatic rings. The Morgan fingerprint density at radius 2 is 2.26 bits per heavy atom. The van der Waals surface area contributed by atoms with Gasteiger partial charge in [-0.25, -0.2) is 4.98 Å². The predicted molar refractivity (Wildman–Crippen MR) is 74.0 cm³/mol. The molecule has 0 saturated heterocycles. The van der Waals surface area contributed by atoms with E-state index in [1.165, 1.54) is 16.9 Å². The van der Waals surface area contributed by atoms with Crippen molar-refractivity contribution in [2.24, 2.45) is 0 Å². The van der Waals surface area contributed by atoms with Crippen LogP contribution in [0.25, 0.3) is 0 Å². The quantitative estimate of drug-likeness (QED) is 0.912. The third kappa shape index (κ3) is 3.54. The Kier molecular flexibility index (Phi) is 4.16. The number of hydrogen-bond donors (Lipinski definition) is 1. The minimum absolute atomic E-state index is 0.0158. The number of ether oxygens (including phenoxy) is 1. The average molecular weight is 277 g/mol. The average Bonchev–Trinajstić information content (AvgIpc) is 2.78. The van der Waals surface area contributed by atoms with Crippen molar-refractivity contribution in [3.05, 3.63) is 45.4 Å². The molecule has 5 heteroatoms. The van der Waals surface area contributed by atoms with Crippen LogP contribution in [0.15, 0.2) is 23.6 Å². The van der Waals surface area contributed by atoms with Crippen molar-refractivity contribution in [3.63, 3.8) is 0 Å². The molecule has 0 aliphatic heterocycles. The molecule has 0 amide bonds. The number of thiazole rings is 1. The van der Waals surface area contributed by atoms with Crippen LogP contribution in [0.2, 0.25) is 0 Å². The second kappa shape index (κ2) is 5.84. The predicted octanol–water partition coefficient (Wildman–Crippen LogP) is 2.68. The molecule has 2 rings (SSSR count). The zero-order valence-electron chi connectivity index (χ0n) is 10.8. The number of rotatable bonds is 5. The van der Waals surface area contributed by atoms with Gasteiger partial charge in [0.2, 0.25) is 0 Å². The van der Waals surface area contributed by atoms with Gasteiger partial charge in [-0.05, 0) is 30.2 Å². The van der Waals surface area contributed by atoms with Crippen molar-refractivity contribution in [2.45, 2.75) is 19.8 Å². The Bertz CT molecular complexity index is 592. The van der Waals surface area contributed by atoms with E-state index in [0.717, 1.165) is 22.7 Å². The molecule has 0 saturated carbocycles. The van der Waals surface area contributed by atoms with E-state index in [1.54, 1.807) is 7.11 Å². The van der Waals surface area contributed by atoms with Crippen molar-refractivity contribution in [3.8, 4) is 5.75 Å². The van der Waals surface area contributed by atoms with Crippen LogP contribution in [0.4, 0.5) is 0 Å². The molecule has 100 valence electrons. The summed E-state index contributed by atoms with van der Waals surface area (Å²) < 4.78 is 5.17. The van der Waals surface area contributed by atoms with Crippen molar-refractivity contribution >= 4 is 17.3 Å².